The van der Waals surface area contributed by atoms with Crippen molar-refractivity contribution in [3.8, 4) is 0 Å². The Hall–Kier alpha value is -2.89. The molecule has 0 unspecified atom stereocenters. The van der Waals surface area contributed by atoms with Gasteiger partial charge in [0.1, 0.15) is 0 Å². The maximum Gasteiger partial charge on any atom is 0.227 e. The number of benzene rings is 1. The Labute approximate surface area is 146 Å². The fraction of sp³-hybridized carbons (Fsp3) is 0.316. The first-order valence-electron chi connectivity index (χ1n) is 8.57. The zero-order valence-electron chi connectivity index (χ0n) is 14.3. The molecule has 0 spiro atoms. The lowest BCUT2D eigenvalue weighted by Crippen LogP contribution is -2.49. The zero-order chi connectivity index (χ0) is 17.2. The van der Waals surface area contributed by atoms with Crippen LogP contribution in [-0.4, -0.2) is 51.9 Å². The van der Waals surface area contributed by atoms with Gasteiger partial charge in [0.2, 0.25) is 11.9 Å². The summed E-state index contributed by atoms with van der Waals surface area (Å²) in [5, 5.41) is 1.16. The molecule has 1 N–H and O–H groups in total. The Morgan fingerprint density at radius 3 is 2.64 bits per heavy atom. The van der Waals surface area contributed by atoms with Crippen LogP contribution in [0.2, 0.25) is 0 Å². The predicted molar refractivity (Wildman–Crippen MR) is 97.6 cm³/mol. The van der Waals surface area contributed by atoms with Crippen LogP contribution in [0.3, 0.4) is 0 Å². The number of H-pyrrole nitrogens is 1. The zero-order valence-corrected chi connectivity index (χ0v) is 14.3. The third kappa shape index (κ3) is 3.33. The minimum absolute atomic E-state index is 0.181. The minimum Gasteiger partial charge on any atom is -0.359 e. The lowest BCUT2D eigenvalue weighted by atomic mass is 10.1. The van der Waals surface area contributed by atoms with Gasteiger partial charge in [0.05, 0.1) is 6.42 Å². The van der Waals surface area contributed by atoms with Crippen LogP contribution in [0.5, 0.6) is 0 Å². The summed E-state index contributed by atoms with van der Waals surface area (Å²) >= 11 is 0. The number of aryl methyl sites for hydroxylation is 1. The Morgan fingerprint density at radius 1 is 1.12 bits per heavy atom. The Kier molecular flexibility index (Phi) is 4.09. The van der Waals surface area contributed by atoms with Crippen LogP contribution in [0, 0.1) is 6.92 Å². The summed E-state index contributed by atoms with van der Waals surface area (Å²) in [5.74, 6) is 0.920. The van der Waals surface area contributed by atoms with Crippen LogP contribution in [0.4, 0.5) is 5.95 Å². The Balaban J connectivity index is 1.38. The molecule has 4 rings (SSSR count). The smallest absolute Gasteiger partial charge is 0.227 e. The molecule has 0 aliphatic carbocycles. The van der Waals surface area contributed by atoms with E-state index in [9.17, 15) is 4.79 Å². The highest BCUT2D eigenvalue weighted by Gasteiger charge is 2.22. The van der Waals surface area contributed by atoms with E-state index in [0.29, 0.717) is 19.5 Å². The van der Waals surface area contributed by atoms with E-state index in [1.165, 1.54) is 0 Å². The molecule has 128 valence electrons. The average molecular weight is 335 g/mol. The lowest BCUT2D eigenvalue weighted by Gasteiger charge is -2.34. The average Bonchev–Trinajstić information content (AvgIpc) is 3.02. The SMILES string of the molecule is Cc1cc2cc(CC(=O)N3CCN(c4ncccn4)CC3)ccc2[nH]1. The molecule has 1 aromatic carbocycles. The highest BCUT2D eigenvalue weighted by atomic mass is 16.2. The van der Waals surface area contributed by atoms with Crippen molar-refractivity contribution in [2.75, 3.05) is 31.1 Å². The monoisotopic (exact) mass is 335 g/mol. The standard InChI is InChI=1S/C19H21N5O/c1-14-11-16-12-15(3-4-17(16)22-14)13-18(25)23-7-9-24(10-8-23)19-20-5-2-6-21-19/h2-6,11-12,22H,7-10,13H2,1H3. The van der Waals surface area contributed by atoms with Gasteiger partial charge in [-0.1, -0.05) is 6.07 Å². The molecular weight excluding hydrogens is 314 g/mol. The van der Waals surface area contributed by atoms with Crippen molar-refractivity contribution in [2.24, 2.45) is 0 Å². The molecule has 0 radical (unpaired) electrons. The van der Waals surface area contributed by atoms with E-state index >= 15 is 0 Å². The molecule has 1 aliphatic heterocycles. The number of aromatic amines is 1. The molecule has 2 aromatic heterocycles. The highest BCUT2D eigenvalue weighted by molar-refractivity contribution is 5.84. The lowest BCUT2D eigenvalue weighted by molar-refractivity contribution is -0.130. The fourth-order valence-corrected chi connectivity index (χ4v) is 3.33. The van der Waals surface area contributed by atoms with Gasteiger partial charge in [-0.3, -0.25) is 4.79 Å². The molecule has 25 heavy (non-hydrogen) atoms. The summed E-state index contributed by atoms with van der Waals surface area (Å²) in [6, 6.07) is 10.1. The third-order valence-corrected chi connectivity index (χ3v) is 4.64. The van der Waals surface area contributed by atoms with Gasteiger partial charge in [-0.05, 0) is 42.1 Å². The number of piperazine rings is 1. The van der Waals surface area contributed by atoms with Crippen molar-refractivity contribution >= 4 is 22.8 Å². The van der Waals surface area contributed by atoms with E-state index in [-0.39, 0.29) is 5.91 Å². The van der Waals surface area contributed by atoms with Crippen molar-refractivity contribution in [3.63, 3.8) is 0 Å². The van der Waals surface area contributed by atoms with Crippen molar-refractivity contribution < 1.29 is 4.79 Å². The number of hydrogen-bond acceptors (Lipinski definition) is 4. The summed E-state index contributed by atoms with van der Waals surface area (Å²) in [5.41, 5.74) is 3.31. The summed E-state index contributed by atoms with van der Waals surface area (Å²) in [7, 11) is 0. The Morgan fingerprint density at radius 2 is 1.88 bits per heavy atom. The van der Waals surface area contributed by atoms with E-state index in [0.717, 1.165) is 41.2 Å². The molecule has 0 saturated carbocycles. The molecule has 1 amide bonds. The second kappa shape index (κ2) is 6.55. The number of amides is 1. The summed E-state index contributed by atoms with van der Waals surface area (Å²) in [4.78, 5) is 28.5. The largest absolute Gasteiger partial charge is 0.359 e. The number of carbonyl (C=O) groups is 1. The molecule has 0 bridgehead atoms. The molecule has 3 aromatic rings. The molecule has 6 nitrogen and oxygen atoms in total. The number of hydrogen-bond donors (Lipinski definition) is 1. The van der Waals surface area contributed by atoms with E-state index in [1.54, 1.807) is 12.4 Å². The number of aromatic nitrogens is 3. The van der Waals surface area contributed by atoms with Gasteiger partial charge in [-0.2, -0.15) is 0 Å². The van der Waals surface area contributed by atoms with Gasteiger partial charge in [0, 0.05) is 49.8 Å². The molecule has 0 atom stereocenters. The van der Waals surface area contributed by atoms with Gasteiger partial charge in [-0.15, -0.1) is 0 Å². The topological polar surface area (TPSA) is 65.1 Å². The first-order chi connectivity index (χ1) is 12.2. The fourth-order valence-electron chi connectivity index (χ4n) is 3.33. The number of rotatable bonds is 3. The molecule has 3 heterocycles. The quantitative estimate of drug-likeness (QED) is 0.797. The van der Waals surface area contributed by atoms with Gasteiger partial charge in [0.15, 0.2) is 0 Å². The van der Waals surface area contributed by atoms with Gasteiger partial charge < -0.3 is 14.8 Å². The van der Waals surface area contributed by atoms with E-state index in [4.69, 9.17) is 0 Å². The van der Waals surface area contributed by atoms with Gasteiger partial charge >= 0.3 is 0 Å². The first kappa shape index (κ1) is 15.6. The van der Waals surface area contributed by atoms with Crippen molar-refractivity contribution in [1.29, 1.82) is 0 Å². The second-order valence-electron chi connectivity index (χ2n) is 6.47. The molecular formula is C19H21N5O. The molecule has 1 saturated heterocycles. The third-order valence-electron chi connectivity index (χ3n) is 4.64. The second-order valence-corrected chi connectivity index (χ2v) is 6.47. The van der Waals surface area contributed by atoms with Crippen LogP contribution >= 0.6 is 0 Å². The maximum atomic E-state index is 12.6. The summed E-state index contributed by atoms with van der Waals surface area (Å²) < 4.78 is 0. The number of nitrogens with zero attached hydrogens (tertiary/aromatic N) is 4. The number of fused-ring (bicyclic) bond motifs is 1. The van der Waals surface area contributed by atoms with E-state index in [2.05, 4.69) is 38.1 Å². The number of anilines is 1. The summed E-state index contributed by atoms with van der Waals surface area (Å²) in [6.45, 7) is 5.00. The molecule has 1 fully saturated rings. The van der Waals surface area contributed by atoms with Gasteiger partial charge in [-0.25, -0.2) is 9.97 Å². The normalized spacial score (nSPS) is 14.9. The van der Waals surface area contributed by atoms with Crippen LogP contribution in [-0.2, 0) is 11.2 Å². The van der Waals surface area contributed by atoms with Crippen LogP contribution in [0.1, 0.15) is 11.3 Å². The minimum atomic E-state index is 0.181. The number of carbonyl (C=O) groups excluding carboxylic acids is 1. The van der Waals surface area contributed by atoms with Crippen molar-refractivity contribution in [3.05, 3.63) is 54.0 Å². The Bertz CT molecular complexity index is 881. The van der Waals surface area contributed by atoms with Gasteiger partial charge in [0.25, 0.3) is 0 Å². The summed E-state index contributed by atoms with van der Waals surface area (Å²) in [6.07, 6.45) is 3.94. The molecule has 6 heteroatoms. The van der Waals surface area contributed by atoms with Crippen LogP contribution in [0.25, 0.3) is 10.9 Å². The van der Waals surface area contributed by atoms with Crippen molar-refractivity contribution in [2.45, 2.75) is 13.3 Å². The van der Waals surface area contributed by atoms with Crippen LogP contribution in [0.15, 0.2) is 42.7 Å². The maximum absolute atomic E-state index is 12.6. The highest BCUT2D eigenvalue weighted by Crippen LogP contribution is 2.18. The van der Waals surface area contributed by atoms with E-state index < -0.39 is 0 Å². The predicted octanol–water partition coefficient (Wildman–Crippen LogP) is 2.16. The van der Waals surface area contributed by atoms with Crippen molar-refractivity contribution in [1.82, 2.24) is 19.9 Å². The molecule has 1 aliphatic rings. The first-order valence-corrected chi connectivity index (χ1v) is 8.57. The van der Waals surface area contributed by atoms with Crippen LogP contribution < -0.4 is 4.90 Å². The number of nitrogens with one attached hydrogen (secondary N) is 1. The van der Waals surface area contributed by atoms with E-state index in [1.807, 2.05) is 24.0 Å².